The number of benzene rings is 1. The molecule has 1 N–H and O–H groups in total. The van der Waals surface area contributed by atoms with Gasteiger partial charge in [-0.05, 0) is 37.6 Å². The highest BCUT2D eigenvalue weighted by molar-refractivity contribution is 7.89. The van der Waals surface area contributed by atoms with Crippen LogP contribution in [0.4, 0.5) is 0 Å². The number of sulfonamides is 1. The standard InChI is InChI=1S/C14H23ClN2O2S/c1-4-8-17(9-5-2)20(18,19)14-10-12(11-16-3)6-7-13(14)15/h6-7,10,16H,4-5,8-9,11H2,1-3H3. The summed E-state index contributed by atoms with van der Waals surface area (Å²) in [7, 11) is -1.70. The summed E-state index contributed by atoms with van der Waals surface area (Å²) < 4.78 is 26.9. The Balaban J connectivity index is 3.21. The summed E-state index contributed by atoms with van der Waals surface area (Å²) in [6.45, 7) is 5.58. The normalized spacial score (nSPS) is 12.1. The Labute approximate surface area is 127 Å². The second-order valence-corrected chi connectivity index (χ2v) is 7.01. The molecule has 4 nitrogen and oxygen atoms in total. The van der Waals surface area contributed by atoms with E-state index >= 15 is 0 Å². The lowest BCUT2D eigenvalue weighted by Crippen LogP contribution is -2.32. The van der Waals surface area contributed by atoms with Gasteiger partial charge in [-0.15, -0.1) is 0 Å². The van der Waals surface area contributed by atoms with Gasteiger partial charge in [0.05, 0.1) is 5.02 Å². The molecule has 0 radical (unpaired) electrons. The lowest BCUT2D eigenvalue weighted by Gasteiger charge is -2.22. The van der Waals surface area contributed by atoms with E-state index in [-0.39, 0.29) is 9.92 Å². The fourth-order valence-corrected chi connectivity index (χ4v) is 4.20. The van der Waals surface area contributed by atoms with Gasteiger partial charge in [-0.3, -0.25) is 0 Å². The van der Waals surface area contributed by atoms with E-state index in [1.54, 1.807) is 12.1 Å². The average Bonchev–Trinajstić information content (AvgIpc) is 2.41. The van der Waals surface area contributed by atoms with Crippen LogP contribution in [-0.4, -0.2) is 32.9 Å². The van der Waals surface area contributed by atoms with E-state index in [0.717, 1.165) is 18.4 Å². The maximum atomic E-state index is 12.7. The minimum Gasteiger partial charge on any atom is -0.316 e. The van der Waals surface area contributed by atoms with Gasteiger partial charge < -0.3 is 5.32 Å². The molecule has 1 aromatic rings. The third-order valence-electron chi connectivity index (χ3n) is 2.94. The van der Waals surface area contributed by atoms with Crippen molar-refractivity contribution >= 4 is 21.6 Å². The minimum atomic E-state index is -3.52. The molecule has 0 saturated carbocycles. The van der Waals surface area contributed by atoms with Crippen molar-refractivity contribution in [1.82, 2.24) is 9.62 Å². The van der Waals surface area contributed by atoms with Crippen molar-refractivity contribution in [3.8, 4) is 0 Å². The van der Waals surface area contributed by atoms with E-state index < -0.39 is 10.0 Å². The topological polar surface area (TPSA) is 49.4 Å². The maximum absolute atomic E-state index is 12.7. The number of hydrogen-bond acceptors (Lipinski definition) is 3. The van der Waals surface area contributed by atoms with Gasteiger partial charge in [-0.1, -0.05) is 31.5 Å². The Hall–Kier alpha value is -0.620. The zero-order valence-corrected chi connectivity index (χ0v) is 13.9. The van der Waals surface area contributed by atoms with Gasteiger partial charge in [-0.2, -0.15) is 4.31 Å². The molecule has 0 bridgehead atoms. The summed E-state index contributed by atoms with van der Waals surface area (Å²) in [5.41, 5.74) is 0.906. The smallest absolute Gasteiger partial charge is 0.244 e. The average molecular weight is 319 g/mol. The fraction of sp³-hybridized carbons (Fsp3) is 0.571. The molecule has 0 unspecified atom stereocenters. The van der Waals surface area contributed by atoms with E-state index in [4.69, 9.17) is 11.6 Å². The minimum absolute atomic E-state index is 0.203. The molecule has 0 aliphatic heterocycles. The van der Waals surface area contributed by atoms with Crippen LogP contribution < -0.4 is 5.32 Å². The third kappa shape index (κ3) is 4.19. The molecule has 0 amide bonds. The van der Waals surface area contributed by atoms with Crippen molar-refractivity contribution in [2.45, 2.75) is 38.1 Å². The van der Waals surface area contributed by atoms with E-state index in [0.29, 0.717) is 19.6 Å². The summed E-state index contributed by atoms with van der Waals surface area (Å²) in [4.78, 5) is 0.203. The third-order valence-corrected chi connectivity index (χ3v) is 5.32. The first-order chi connectivity index (χ1) is 9.47. The second kappa shape index (κ2) is 7.98. The van der Waals surface area contributed by atoms with E-state index in [1.165, 1.54) is 4.31 Å². The SMILES string of the molecule is CCCN(CCC)S(=O)(=O)c1cc(CNC)ccc1Cl. The second-order valence-electron chi connectivity index (χ2n) is 4.70. The molecule has 0 aliphatic rings. The van der Waals surface area contributed by atoms with Crippen LogP contribution in [0, 0.1) is 0 Å². The molecule has 20 heavy (non-hydrogen) atoms. The Morgan fingerprint density at radius 2 is 1.80 bits per heavy atom. The summed E-state index contributed by atoms with van der Waals surface area (Å²) in [6, 6.07) is 5.14. The lowest BCUT2D eigenvalue weighted by molar-refractivity contribution is 0.410. The Bertz CT molecular complexity index is 526. The lowest BCUT2D eigenvalue weighted by atomic mass is 10.2. The van der Waals surface area contributed by atoms with Crippen molar-refractivity contribution < 1.29 is 8.42 Å². The monoisotopic (exact) mass is 318 g/mol. The van der Waals surface area contributed by atoms with Crippen LogP contribution >= 0.6 is 11.6 Å². The summed E-state index contributed by atoms with van der Waals surface area (Å²) in [5.74, 6) is 0. The first kappa shape index (κ1) is 17.4. The molecular formula is C14H23ClN2O2S. The van der Waals surface area contributed by atoms with Crippen LogP contribution in [0.3, 0.4) is 0 Å². The summed E-state index contributed by atoms with van der Waals surface area (Å²) >= 11 is 6.10. The van der Waals surface area contributed by atoms with Crippen molar-refractivity contribution in [3.05, 3.63) is 28.8 Å². The first-order valence-corrected chi connectivity index (χ1v) is 8.72. The molecule has 6 heteroatoms. The van der Waals surface area contributed by atoms with Gasteiger partial charge in [0.1, 0.15) is 4.90 Å². The van der Waals surface area contributed by atoms with Crippen LogP contribution in [0.25, 0.3) is 0 Å². The largest absolute Gasteiger partial charge is 0.316 e. The molecular weight excluding hydrogens is 296 g/mol. The van der Waals surface area contributed by atoms with E-state index in [9.17, 15) is 8.42 Å². The van der Waals surface area contributed by atoms with Crippen LogP contribution in [0.15, 0.2) is 23.1 Å². The molecule has 0 fully saturated rings. The van der Waals surface area contributed by atoms with Gasteiger partial charge in [0.2, 0.25) is 10.0 Å². The molecule has 0 aliphatic carbocycles. The molecule has 0 heterocycles. The van der Waals surface area contributed by atoms with Crippen LogP contribution in [-0.2, 0) is 16.6 Å². The molecule has 1 aromatic carbocycles. The summed E-state index contributed by atoms with van der Waals surface area (Å²) in [5, 5.41) is 3.29. The zero-order valence-electron chi connectivity index (χ0n) is 12.3. The van der Waals surface area contributed by atoms with Crippen molar-refractivity contribution in [2.24, 2.45) is 0 Å². The Morgan fingerprint density at radius 3 is 2.30 bits per heavy atom. The van der Waals surface area contributed by atoms with Gasteiger partial charge in [0.25, 0.3) is 0 Å². The Morgan fingerprint density at radius 1 is 1.20 bits per heavy atom. The molecule has 0 atom stereocenters. The first-order valence-electron chi connectivity index (χ1n) is 6.90. The number of halogens is 1. The quantitative estimate of drug-likeness (QED) is 0.802. The van der Waals surface area contributed by atoms with E-state index in [1.807, 2.05) is 27.0 Å². The van der Waals surface area contributed by atoms with Gasteiger partial charge >= 0.3 is 0 Å². The van der Waals surface area contributed by atoms with E-state index in [2.05, 4.69) is 5.32 Å². The number of nitrogens with one attached hydrogen (secondary N) is 1. The molecule has 0 aromatic heterocycles. The van der Waals surface area contributed by atoms with Crippen molar-refractivity contribution in [2.75, 3.05) is 20.1 Å². The predicted octanol–water partition coefficient (Wildman–Crippen LogP) is 2.87. The number of hydrogen-bond donors (Lipinski definition) is 1. The Kier molecular flexibility index (Phi) is 6.95. The molecule has 114 valence electrons. The van der Waals surface area contributed by atoms with Crippen LogP contribution in [0.2, 0.25) is 5.02 Å². The summed E-state index contributed by atoms with van der Waals surface area (Å²) in [6.07, 6.45) is 1.57. The predicted molar refractivity (Wildman–Crippen MR) is 83.6 cm³/mol. The fourth-order valence-electron chi connectivity index (χ4n) is 2.05. The van der Waals surface area contributed by atoms with Gasteiger partial charge in [0, 0.05) is 19.6 Å². The number of nitrogens with zero attached hydrogens (tertiary/aromatic N) is 1. The van der Waals surface area contributed by atoms with Gasteiger partial charge in [0.15, 0.2) is 0 Å². The maximum Gasteiger partial charge on any atom is 0.244 e. The van der Waals surface area contributed by atoms with Gasteiger partial charge in [-0.25, -0.2) is 8.42 Å². The highest BCUT2D eigenvalue weighted by atomic mass is 35.5. The van der Waals surface area contributed by atoms with Crippen LogP contribution in [0.5, 0.6) is 0 Å². The number of rotatable bonds is 8. The molecule has 1 rings (SSSR count). The van der Waals surface area contributed by atoms with Crippen molar-refractivity contribution in [1.29, 1.82) is 0 Å². The highest BCUT2D eigenvalue weighted by Crippen LogP contribution is 2.26. The van der Waals surface area contributed by atoms with Crippen LogP contribution in [0.1, 0.15) is 32.3 Å². The molecule has 0 spiro atoms. The highest BCUT2D eigenvalue weighted by Gasteiger charge is 2.25. The molecule has 0 saturated heterocycles. The van der Waals surface area contributed by atoms with Crippen molar-refractivity contribution in [3.63, 3.8) is 0 Å². The zero-order chi connectivity index (χ0) is 15.2.